The molecular formula is C15H21IN4. The molecule has 108 valence electrons. The number of aryl methyl sites for hydroxylation is 3. The first-order valence-electron chi connectivity index (χ1n) is 6.52. The van der Waals surface area contributed by atoms with Crippen molar-refractivity contribution in [2.45, 2.75) is 34.2 Å². The fourth-order valence-electron chi connectivity index (χ4n) is 2.30. The SMILES string of the molecule is CC[n+]1c(Nc2cc(C)cc(C)c2)cc(C)nc1N.[I-]. The fraction of sp³-hybridized carbons (Fsp3) is 0.333. The molecule has 0 saturated carbocycles. The second-order valence-electron chi connectivity index (χ2n) is 4.89. The lowest BCUT2D eigenvalue weighted by Gasteiger charge is -2.11. The van der Waals surface area contributed by atoms with Crippen molar-refractivity contribution in [1.29, 1.82) is 0 Å². The highest BCUT2D eigenvalue weighted by Gasteiger charge is 2.12. The van der Waals surface area contributed by atoms with E-state index in [4.69, 9.17) is 5.73 Å². The van der Waals surface area contributed by atoms with Gasteiger partial charge >= 0.3 is 5.95 Å². The number of nitrogen functional groups attached to an aromatic ring is 1. The monoisotopic (exact) mass is 384 g/mol. The molecule has 4 nitrogen and oxygen atoms in total. The minimum absolute atomic E-state index is 0. The molecule has 0 aliphatic rings. The lowest BCUT2D eigenvalue weighted by molar-refractivity contribution is -0.667. The van der Waals surface area contributed by atoms with Gasteiger partial charge in [0.1, 0.15) is 5.69 Å². The van der Waals surface area contributed by atoms with E-state index < -0.39 is 0 Å². The molecule has 0 aliphatic heterocycles. The number of rotatable bonds is 3. The van der Waals surface area contributed by atoms with E-state index in [1.165, 1.54) is 11.1 Å². The minimum Gasteiger partial charge on any atom is -1.00 e. The average Bonchev–Trinajstić information content (AvgIpc) is 2.26. The molecule has 0 aliphatic carbocycles. The highest BCUT2D eigenvalue weighted by molar-refractivity contribution is 5.57. The van der Waals surface area contributed by atoms with Crippen LogP contribution < -0.4 is 39.6 Å². The standard InChI is InChI=1S/C15H20N4.HI/c1-5-19-14(9-12(4)17-15(19)16)18-13-7-10(2)6-11(3)8-13;/h6-9H,5H2,1-4H3,(H2,16,17,18);1H. The summed E-state index contributed by atoms with van der Waals surface area (Å²) in [6.45, 7) is 8.98. The normalized spacial score (nSPS) is 10.0. The third kappa shape index (κ3) is 3.82. The van der Waals surface area contributed by atoms with E-state index in [2.05, 4.69) is 49.3 Å². The summed E-state index contributed by atoms with van der Waals surface area (Å²) in [5, 5.41) is 3.43. The number of nitrogens with two attached hydrogens (primary N) is 1. The zero-order chi connectivity index (χ0) is 14.0. The first-order chi connectivity index (χ1) is 8.99. The summed E-state index contributed by atoms with van der Waals surface area (Å²) in [4.78, 5) is 4.28. The summed E-state index contributed by atoms with van der Waals surface area (Å²) in [6, 6.07) is 8.42. The van der Waals surface area contributed by atoms with Gasteiger partial charge in [-0.05, 0) is 51.0 Å². The Kier molecular flexibility index (Phi) is 5.74. The summed E-state index contributed by atoms with van der Waals surface area (Å²) in [5.41, 5.74) is 10.4. The molecule has 1 aromatic heterocycles. The van der Waals surface area contributed by atoms with E-state index in [0.717, 1.165) is 23.7 Å². The van der Waals surface area contributed by atoms with Crippen LogP contribution in [-0.4, -0.2) is 4.98 Å². The molecule has 0 radical (unpaired) electrons. The lowest BCUT2D eigenvalue weighted by Crippen LogP contribution is -3.00. The molecule has 1 aromatic carbocycles. The Morgan fingerprint density at radius 2 is 1.70 bits per heavy atom. The Labute approximate surface area is 137 Å². The van der Waals surface area contributed by atoms with Crippen molar-refractivity contribution >= 4 is 17.5 Å². The number of anilines is 3. The van der Waals surface area contributed by atoms with Crippen LogP contribution in [-0.2, 0) is 6.54 Å². The van der Waals surface area contributed by atoms with E-state index in [1.54, 1.807) is 0 Å². The molecule has 0 bridgehead atoms. The Bertz CT molecular complexity index is 591. The Morgan fingerprint density at radius 3 is 2.25 bits per heavy atom. The summed E-state index contributed by atoms with van der Waals surface area (Å²) in [5.74, 6) is 1.51. The van der Waals surface area contributed by atoms with E-state index in [0.29, 0.717) is 5.95 Å². The van der Waals surface area contributed by atoms with Crippen LogP contribution >= 0.6 is 0 Å². The fourth-order valence-corrected chi connectivity index (χ4v) is 2.30. The third-order valence-corrected chi connectivity index (χ3v) is 3.01. The molecule has 0 spiro atoms. The molecule has 1 heterocycles. The van der Waals surface area contributed by atoms with Crippen LogP contribution in [0.3, 0.4) is 0 Å². The summed E-state index contributed by atoms with van der Waals surface area (Å²) >= 11 is 0. The zero-order valence-electron chi connectivity index (χ0n) is 12.4. The molecule has 20 heavy (non-hydrogen) atoms. The second kappa shape index (κ2) is 6.88. The van der Waals surface area contributed by atoms with Crippen LogP contribution in [0.4, 0.5) is 17.5 Å². The largest absolute Gasteiger partial charge is 1.00 e. The number of nitrogens with zero attached hydrogens (tertiary/aromatic N) is 2. The van der Waals surface area contributed by atoms with Gasteiger partial charge in [-0.25, -0.2) is 4.57 Å². The maximum atomic E-state index is 5.96. The zero-order valence-corrected chi connectivity index (χ0v) is 14.5. The van der Waals surface area contributed by atoms with Crippen LogP contribution in [0.5, 0.6) is 0 Å². The predicted octanol–water partition coefficient (Wildman–Crippen LogP) is -0.356. The van der Waals surface area contributed by atoms with Gasteiger partial charge in [-0.15, -0.1) is 4.98 Å². The number of aromatic nitrogens is 2. The van der Waals surface area contributed by atoms with Crippen molar-refractivity contribution < 1.29 is 28.5 Å². The molecule has 3 N–H and O–H groups in total. The number of hydrogen-bond donors (Lipinski definition) is 2. The molecule has 0 unspecified atom stereocenters. The molecule has 5 heteroatoms. The maximum absolute atomic E-state index is 5.96. The van der Waals surface area contributed by atoms with Crippen molar-refractivity contribution in [3.63, 3.8) is 0 Å². The average molecular weight is 384 g/mol. The van der Waals surface area contributed by atoms with Gasteiger partial charge in [0, 0.05) is 6.07 Å². The molecule has 0 amide bonds. The number of nitrogens with one attached hydrogen (secondary N) is 1. The Balaban J connectivity index is 0.00000200. The van der Waals surface area contributed by atoms with Crippen LogP contribution in [0.1, 0.15) is 23.7 Å². The molecule has 2 rings (SSSR count). The number of benzene rings is 1. The minimum atomic E-state index is 0. The summed E-state index contributed by atoms with van der Waals surface area (Å²) in [7, 11) is 0. The summed E-state index contributed by atoms with van der Waals surface area (Å²) in [6.07, 6.45) is 0. The van der Waals surface area contributed by atoms with Crippen molar-refractivity contribution in [3.8, 4) is 0 Å². The van der Waals surface area contributed by atoms with E-state index in [1.807, 2.05) is 17.6 Å². The Hall–Kier alpha value is -1.37. The topological polar surface area (TPSA) is 54.8 Å². The number of hydrogen-bond acceptors (Lipinski definition) is 3. The molecule has 2 aromatic rings. The maximum Gasteiger partial charge on any atom is 0.345 e. The van der Waals surface area contributed by atoms with Gasteiger partial charge in [0.2, 0.25) is 5.82 Å². The van der Waals surface area contributed by atoms with Crippen molar-refractivity contribution in [3.05, 3.63) is 41.1 Å². The highest BCUT2D eigenvalue weighted by atomic mass is 127. The van der Waals surface area contributed by atoms with Gasteiger partial charge in [0.25, 0.3) is 0 Å². The van der Waals surface area contributed by atoms with Gasteiger partial charge in [-0.2, -0.15) is 0 Å². The third-order valence-electron chi connectivity index (χ3n) is 3.01. The van der Waals surface area contributed by atoms with Gasteiger partial charge in [0.15, 0.2) is 0 Å². The van der Waals surface area contributed by atoms with E-state index >= 15 is 0 Å². The van der Waals surface area contributed by atoms with E-state index in [-0.39, 0.29) is 24.0 Å². The van der Waals surface area contributed by atoms with Crippen LogP contribution in [0, 0.1) is 20.8 Å². The van der Waals surface area contributed by atoms with Crippen molar-refractivity contribution in [2.75, 3.05) is 11.1 Å². The lowest BCUT2D eigenvalue weighted by atomic mass is 10.1. The predicted molar refractivity (Wildman–Crippen MR) is 78.5 cm³/mol. The summed E-state index contributed by atoms with van der Waals surface area (Å²) < 4.78 is 1.96. The van der Waals surface area contributed by atoms with Gasteiger partial charge in [0.05, 0.1) is 12.2 Å². The van der Waals surface area contributed by atoms with Crippen molar-refractivity contribution in [2.24, 2.45) is 0 Å². The van der Waals surface area contributed by atoms with Crippen LogP contribution in [0.25, 0.3) is 0 Å². The van der Waals surface area contributed by atoms with Gasteiger partial charge in [-0.3, -0.25) is 5.32 Å². The Morgan fingerprint density at radius 1 is 1.10 bits per heavy atom. The highest BCUT2D eigenvalue weighted by Crippen LogP contribution is 2.18. The first-order valence-corrected chi connectivity index (χ1v) is 6.52. The quantitative estimate of drug-likeness (QED) is 0.562. The number of halogens is 1. The van der Waals surface area contributed by atoms with Crippen molar-refractivity contribution in [1.82, 2.24) is 4.98 Å². The molecule has 0 saturated heterocycles. The molecule has 0 atom stereocenters. The van der Waals surface area contributed by atoms with Crippen LogP contribution in [0.2, 0.25) is 0 Å². The smallest absolute Gasteiger partial charge is 0.345 e. The first kappa shape index (κ1) is 16.7. The van der Waals surface area contributed by atoms with Crippen LogP contribution in [0.15, 0.2) is 24.3 Å². The second-order valence-corrected chi connectivity index (χ2v) is 4.89. The molecule has 0 fully saturated rings. The van der Waals surface area contributed by atoms with Gasteiger partial charge in [-0.1, -0.05) is 6.07 Å². The molecular weight excluding hydrogens is 363 g/mol. The van der Waals surface area contributed by atoms with E-state index in [9.17, 15) is 0 Å². The van der Waals surface area contributed by atoms with Gasteiger partial charge < -0.3 is 29.7 Å².